The first kappa shape index (κ1) is 11.6. The molecule has 1 aromatic rings. The van der Waals surface area contributed by atoms with Crippen molar-refractivity contribution in [2.24, 2.45) is 11.3 Å². The molecule has 0 aliphatic heterocycles. The lowest BCUT2D eigenvalue weighted by Crippen LogP contribution is -2.24. The van der Waals surface area contributed by atoms with E-state index in [1.807, 2.05) is 12.4 Å². The second-order valence-corrected chi connectivity index (χ2v) is 5.56. The van der Waals surface area contributed by atoms with Crippen molar-refractivity contribution in [3.63, 3.8) is 0 Å². The molecule has 1 fully saturated rings. The maximum Gasteiger partial charge on any atom is 0.0271 e. The van der Waals surface area contributed by atoms with E-state index in [1.165, 1.54) is 31.4 Å². The minimum absolute atomic E-state index is 0.626. The molecule has 2 nitrogen and oxygen atoms in total. The summed E-state index contributed by atoms with van der Waals surface area (Å²) in [7, 11) is 0. The molecule has 1 aliphatic rings. The van der Waals surface area contributed by atoms with Gasteiger partial charge < -0.3 is 5.32 Å². The number of rotatable bonds is 6. The predicted octanol–water partition coefficient (Wildman–Crippen LogP) is 3.00. The smallest absolute Gasteiger partial charge is 0.0271 e. The Morgan fingerprint density at radius 3 is 2.56 bits per heavy atom. The van der Waals surface area contributed by atoms with Crippen LogP contribution in [0.1, 0.15) is 38.7 Å². The Bertz CT molecular complexity index is 315. The summed E-state index contributed by atoms with van der Waals surface area (Å²) in [5.74, 6) is 0.824. The highest BCUT2D eigenvalue weighted by atomic mass is 14.9. The fraction of sp³-hybridized carbons (Fsp3) is 0.643. The average molecular weight is 218 g/mol. The SMILES string of the molecule is CC(C)CC1(CNCc2ccncc2)CC1. The van der Waals surface area contributed by atoms with Crippen molar-refractivity contribution in [2.75, 3.05) is 6.54 Å². The maximum atomic E-state index is 4.03. The van der Waals surface area contributed by atoms with Gasteiger partial charge in [-0.05, 0) is 48.3 Å². The largest absolute Gasteiger partial charge is 0.312 e. The third kappa shape index (κ3) is 3.31. The zero-order valence-corrected chi connectivity index (χ0v) is 10.4. The van der Waals surface area contributed by atoms with Crippen molar-refractivity contribution in [3.05, 3.63) is 30.1 Å². The van der Waals surface area contributed by atoms with Gasteiger partial charge in [0.15, 0.2) is 0 Å². The first-order chi connectivity index (χ1) is 7.70. The van der Waals surface area contributed by atoms with E-state index >= 15 is 0 Å². The van der Waals surface area contributed by atoms with Crippen molar-refractivity contribution in [2.45, 2.75) is 39.7 Å². The third-order valence-corrected chi connectivity index (χ3v) is 3.38. The lowest BCUT2D eigenvalue weighted by atomic mass is 9.94. The van der Waals surface area contributed by atoms with Gasteiger partial charge >= 0.3 is 0 Å². The molecule has 2 rings (SSSR count). The van der Waals surface area contributed by atoms with E-state index < -0.39 is 0 Å². The van der Waals surface area contributed by atoms with Gasteiger partial charge in [0.05, 0.1) is 0 Å². The first-order valence-electron chi connectivity index (χ1n) is 6.30. The Morgan fingerprint density at radius 2 is 2.00 bits per heavy atom. The van der Waals surface area contributed by atoms with E-state index in [-0.39, 0.29) is 0 Å². The zero-order valence-electron chi connectivity index (χ0n) is 10.4. The average Bonchev–Trinajstić information content (AvgIpc) is 2.99. The quantitative estimate of drug-likeness (QED) is 0.794. The summed E-state index contributed by atoms with van der Waals surface area (Å²) < 4.78 is 0. The molecular weight excluding hydrogens is 196 g/mol. The Balaban J connectivity index is 1.72. The van der Waals surface area contributed by atoms with Crippen LogP contribution in [0, 0.1) is 11.3 Å². The van der Waals surface area contributed by atoms with Crippen LogP contribution in [0.4, 0.5) is 0 Å². The minimum Gasteiger partial charge on any atom is -0.312 e. The van der Waals surface area contributed by atoms with E-state index in [4.69, 9.17) is 0 Å². The van der Waals surface area contributed by atoms with Crippen molar-refractivity contribution < 1.29 is 0 Å². The van der Waals surface area contributed by atoms with Crippen LogP contribution >= 0.6 is 0 Å². The van der Waals surface area contributed by atoms with Crippen LogP contribution in [0.5, 0.6) is 0 Å². The Morgan fingerprint density at radius 1 is 1.31 bits per heavy atom. The standard InChI is InChI=1S/C14H22N2/c1-12(2)9-14(5-6-14)11-16-10-13-3-7-15-8-4-13/h3-4,7-8,12,16H,5-6,9-11H2,1-2H3. The summed E-state index contributed by atoms with van der Waals surface area (Å²) in [5.41, 5.74) is 1.96. The molecule has 0 bridgehead atoms. The van der Waals surface area contributed by atoms with Gasteiger partial charge in [-0.3, -0.25) is 4.98 Å². The summed E-state index contributed by atoms with van der Waals surface area (Å²) >= 11 is 0. The van der Waals surface area contributed by atoms with Crippen LogP contribution in [-0.2, 0) is 6.54 Å². The highest BCUT2D eigenvalue weighted by molar-refractivity contribution is 5.09. The summed E-state index contributed by atoms with van der Waals surface area (Å²) in [4.78, 5) is 4.03. The Kier molecular flexibility index (Phi) is 3.59. The van der Waals surface area contributed by atoms with Gasteiger partial charge in [-0.2, -0.15) is 0 Å². The summed E-state index contributed by atoms with van der Waals surface area (Å²) in [6, 6.07) is 4.16. The molecule has 0 saturated heterocycles. The first-order valence-corrected chi connectivity index (χ1v) is 6.30. The molecule has 2 heteroatoms. The van der Waals surface area contributed by atoms with Crippen molar-refractivity contribution in [1.29, 1.82) is 0 Å². The topological polar surface area (TPSA) is 24.9 Å². The molecule has 1 aliphatic carbocycles. The molecule has 16 heavy (non-hydrogen) atoms. The predicted molar refractivity (Wildman–Crippen MR) is 67.1 cm³/mol. The number of pyridine rings is 1. The fourth-order valence-corrected chi connectivity index (χ4v) is 2.47. The molecule has 0 spiro atoms. The van der Waals surface area contributed by atoms with Gasteiger partial charge in [-0.15, -0.1) is 0 Å². The lowest BCUT2D eigenvalue weighted by Gasteiger charge is -2.18. The van der Waals surface area contributed by atoms with E-state index in [9.17, 15) is 0 Å². The van der Waals surface area contributed by atoms with Crippen LogP contribution < -0.4 is 5.32 Å². The van der Waals surface area contributed by atoms with E-state index in [0.29, 0.717) is 5.41 Å². The van der Waals surface area contributed by atoms with Gasteiger partial charge in [0.1, 0.15) is 0 Å². The molecule has 0 aromatic carbocycles. The van der Waals surface area contributed by atoms with E-state index in [0.717, 1.165) is 12.5 Å². The summed E-state index contributed by atoms with van der Waals surface area (Å²) in [6.45, 7) is 6.79. The second kappa shape index (κ2) is 4.96. The minimum atomic E-state index is 0.626. The number of nitrogens with one attached hydrogen (secondary N) is 1. The summed E-state index contributed by atoms with van der Waals surface area (Å²) in [6.07, 6.45) is 7.91. The number of hydrogen-bond acceptors (Lipinski definition) is 2. The molecule has 0 unspecified atom stereocenters. The number of hydrogen-bond donors (Lipinski definition) is 1. The van der Waals surface area contributed by atoms with Crippen LogP contribution in [0.3, 0.4) is 0 Å². The van der Waals surface area contributed by atoms with E-state index in [1.54, 1.807) is 0 Å². The highest BCUT2D eigenvalue weighted by Crippen LogP contribution is 2.49. The zero-order chi connectivity index (χ0) is 11.4. The molecular formula is C14H22N2. The van der Waals surface area contributed by atoms with Gasteiger partial charge in [-0.25, -0.2) is 0 Å². The second-order valence-electron chi connectivity index (χ2n) is 5.56. The number of aromatic nitrogens is 1. The Hall–Kier alpha value is -0.890. The van der Waals surface area contributed by atoms with E-state index in [2.05, 4.69) is 36.3 Å². The molecule has 1 saturated carbocycles. The Labute approximate surface area is 98.5 Å². The maximum absolute atomic E-state index is 4.03. The number of nitrogens with zero attached hydrogens (tertiary/aromatic N) is 1. The van der Waals surface area contributed by atoms with Gasteiger partial charge in [0, 0.05) is 25.5 Å². The monoisotopic (exact) mass is 218 g/mol. The molecule has 1 heterocycles. The lowest BCUT2D eigenvalue weighted by molar-refractivity contribution is 0.366. The summed E-state index contributed by atoms with van der Waals surface area (Å²) in [5, 5.41) is 3.58. The van der Waals surface area contributed by atoms with Gasteiger partial charge in [-0.1, -0.05) is 13.8 Å². The van der Waals surface area contributed by atoms with Gasteiger partial charge in [0.25, 0.3) is 0 Å². The molecule has 1 N–H and O–H groups in total. The van der Waals surface area contributed by atoms with Crippen molar-refractivity contribution >= 4 is 0 Å². The van der Waals surface area contributed by atoms with Gasteiger partial charge in [0.2, 0.25) is 0 Å². The molecule has 0 amide bonds. The molecule has 88 valence electrons. The molecule has 1 aromatic heterocycles. The molecule has 0 radical (unpaired) electrons. The highest BCUT2D eigenvalue weighted by Gasteiger charge is 2.41. The normalized spacial score (nSPS) is 17.7. The van der Waals surface area contributed by atoms with Crippen LogP contribution in [0.2, 0.25) is 0 Å². The fourth-order valence-electron chi connectivity index (χ4n) is 2.47. The molecule has 0 atom stereocenters. The van der Waals surface area contributed by atoms with Crippen LogP contribution in [0.15, 0.2) is 24.5 Å². The van der Waals surface area contributed by atoms with Crippen molar-refractivity contribution in [1.82, 2.24) is 10.3 Å². The third-order valence-electron chi connectivity index (χ3n) is 3.38. The van der Waals surface area contributed by atoms with Crippen LogP contribution in [0.25, 0.3) is 0 Å². The van der Waals surface area contributed by atoms with Crippen molar-refractivity contribution in [3.8, 4) is 0 Å². The van der Waals surface area contributed by atoms with Crippen LogP contribution in [-0.4, -0.2) is 11.5 Å².